The highest BCUT2D eigenvalue weighted by Gasteiger charge is 1.80. The predicted octanol–water partition coefficient (Wildman–Crippen LogP) is 0.586. The molecule has 0 spiro atoms. The smallest absolute Gasteiger partial charge is 0.0161 e. The summed E-state index contributed by atoms with van der Waals surface area (Å²) in [6.45, 7) is 5.56. The summed E-state index contributed by atoms with van der Waals surface area (Å²) in [7, 11) is 3.85. The zero-order chi connectivity index (χ0) is 5.86. The van der Waals surface area contributed by atoms with Gasteiger partial charge in [0.25, 0.3) is 0 Å². The lowest BCUT2D eigenvalue weighted by molar-refractivity contribution is 0.329. The Kier molecular flexibility index (Phi) is 2.45. The van der Waals surface area contributed by atoms with Gasteiger partial charge >= 0.3 is 0 Å². The summed E-state index contributed by atoms with van der Waals surface area (Å²) >= 11 is 0. The fraction of sp³-hybridized carbons (Fsp3) is 0.600. The van der Waals surface area contributed by atoms with E-state index in [0.29, 0.717) is 0 Å². The van der Waals surface area contributed by atoms with Crippen LogP contribution in [0.4, 0.5) is 0 Å². The summed E-state index contributed by atoms with van der Waals surface area (Å²) in [5.41, 5.74) is 3.91. The van der Waals surface area contributed by atoms with Crippen molar-refractivity contribution in [2.75, 3.05) is 14.1 Å². The van der Waals surface area contributed by atoms with Gasteiger partial charge in [0.1, 0.15) is 0 Å². The molecule has 0 unspecified atom stereocenters. The summed E-state index contributed by atoms with van der Waals surface area (Å²) in [4.78, 5) is 0. The average Bonchev–Trinajstić information content (AvgIpc) is 1.27. The minimum absolute atomic E-state index is 0.963. The molecule has 0 amide bonds. The standard InChI is InChI=1S/C5H12N2/c1-5(2)6-7(3)4/h6H,1H2,2-4H3. The van der Waals surface area contributed by atoms with Crippen LogP contribution in [0, 0.1) is 0 Å². The SMILES string of the molecule is C=C(C)NN(C)C. The van der Waals surface area contributed by atoms with Crippen LogP contribution in [0.3, 0.4) is 0 Å². The molecule has 0 radical (unpaired) electrons. The van der Waals surface area contributed by atoms with Crippen molar-refractivity contribution in [3.05, 3.63) is 12.3 Å². The van der Waals surface area contributed by atoms with Crippen molar-refractivity contribution in [1.82, 2.24) is 10.4 Å². The highest BCUT2D eigenvalue weighted by atomic mass is 15.5. The molecular formula is C5H12N2. The molecule has 0 saturated heterocycles. The molecule has 0 fully saturated rings. The van der Waals surface area contributed by atoms with E-state index in [-0.39, 0.29) is 0 Å². The highest BCUT2D eigenvalue weighted by molar-refractivity contribution is 4.81. The average molecular weight is 100 g/mol. The molecule has 0 aliphatic carbocycles. The van der Waals surface area contributed by atoms with E-state index < -0.39 is 0 Å². The highest BCUT2D eigenvalue weighted by Crippen LogP contribution is 1.76. The second kappa shape index (κ2) is 2.64. The van der Waals surface area contributed by atoms with E-state index in [0.717, 1.165) is 5.70 Å². The number of allylic oxidation sites excluding steroid dienone is 1. The van der Waals surface area contributed by atoms with Crippen molar-refractivity contribution < 1.29 is 0 Å². The van der Waals surface area contributed by atoms with Crippen LogP contribution in [-0.4, -0.2) is 19.1 Å². The summed E-state index contributed by atoms with van der Waals surface area (Å²) in [5, 5.41) is 1.85. The monoisotopic (exact) mass is 100 g/mol. The van der Waals surface area contributed by atoms with Crippen LogP contribution in [0.2, 0.25) is 0 Å². The third-order valence-corrected chi connectivity index (χ3v) is 0.414. The summed E-state index contributed by atoms with van der Waals surface area (Å²) < 4.78 is 0. The van der Waals surface area contributed by atoms with Crippen molar-refractivity contribution in [2.24, 2.45) is 0 Å². The molecule has 0 heterocycles. The minimum atomic E-state index is 0.963. The van der Waals surface area contributed by atoms with Crippen LogP contribution < -0.4 is 5.43 Å². The summed E-state index contributed by atoms with van der Waals surface area (Å²) in [6, 6.07) is 0. The number of hydrazine groups is 1. The van der Waals surface area contributed by atoms with E-state index in [1.807, 2.05) is 26.0 Å². The Hall–Kier alpha value is -0.500. The Morgan fingerprint density at radius 3 is 2.00 bits per heavy atom. The van der Waals surface area contributed by atoms with Gasteiger partial charge in [0.05, 0.1) is 0 Å². The Morgan fingerprint density at radius 2 is 2.00 bits per heavy atom. The first-order valence-corrected chi connectivity index (χ1v) is 2.22. The van der Waals surface area contributed by atoms with Crippen LogP contribution in [0.15, 0.2) is 12.3 Å². The maximum absolute atomic E-state index is 3.64. The van der Waals surface area contributed by atoms with Crippen molar-refractivity contribution in [3.8, 4) is 0 Å². The van der Waals surface area contributed by atoms with E-state index in [2.05, 4.69) is 12.0 Å². The molecule has 0 bridgehead atoms. The first kappa shape index (κ1) is 6.50. The molecule has 42 valence electrons. The van der Waals surface area contributed by atoms with Crippen molar-refractivity contribution in [1.29, 1.82) is 0 Å². The molecule has 7 heavy (non-hydrogen) atoms. The Balaban J connectivity index is 3.13. The molecule has 0 rings (SSSR count). The van der Waals surface area contributed by atoms with E-state index in [9.17, 15) is 0 Å². The molecule has 0 aromatic rings. The molecule has 1 N–H and O–H groups in total. The molecule has 0 atom stereocenters. The molecule has 0 saturated carbocycles. The zero-order valence-corrected chi connectivity index (χ0v) is 5.15. The minimum Gasteiger partial charge on any atom is -0.324 e. The van der Waals surface area contributed by atoms with Gasteiger partial charge in [-0.1, -0.05) is 6.58 Å². The number of rotatable bonds is 2. The number of nitrogens with one attached hydrogen (secondary N) is 1. The molecule has 2 heteroatoms. The molecule has 2 nitrogen and oxygen atoms in total. The Labute approximate surface area is 44.8 Å². The van der Waals surface area contributed by atoms with Gasteiger partial charge in [0.2, 0.25) is 0 Å². The van der Waals surface area contributed by atoms with Gasteiger partial charge in [-0.2, -0.15) is 0 Å². The van der Waals surface area contributed by atoms with Crippen LogP contribution in [0.5, 0.6) is 0 Å². The van der Waals surface area contributed by atoms with Gasteiger partial charge in [0, 0.05) is 19.8 Å². The quantitative estimate of drug-likeness (QED) is 0.511. The van der Waals surface area contributed by atoms with Crippen LogP contribution in [-0.2, 0) is 0 Å². The van der Waals surface area contributed by atoms with Crippen molar-refractivity contribution in [2.45, 2.75) is 6.92 Å². The number of hydrogen-bond acceptors (Lipinski definition) is 2. The summed E-state index contributed by atoms with van der Waals surface area (Å²) in [5.74, 6) is 0. The van der Waals surface area contributed by atoms with Gasteiger partial charge in [-0.15, -0.1) is 0 Å². The molecule has 0 aliphatic heterocycles. The second-order valence-corrected chi connectivity index (χ2v) is 1.79. The van der Waals surface area contributed by atoms with Crippen LogP contribution in [0.1, 0.15) is 6.92 Å². The van der Waals surface area contributed by atoms with Gasteiger partial charge < -0.3 is 5.43 Å². The molecule has 0 aromatic carbocycles. The Morgan fingerprint density at radius 1 is 1.57 bits per heavy atom. The third-order valence-electron chi connectivity index (χ3n) is 0.414. The molecule has 0 aliphatic rings. The van der Waals surface area contributed by atoms with Gasteiger partial charge in [-0.05, 0) is 6.92 Å². The first-order chi connectivity index (χ1) is 3.13. The fourth-order valence-electron chi connectivity index (χ4n) is 0.382. The van der Waals surface area contributed by atoms with E-state index >= 15 is 0 Å². The largest absolute Gasteiger partial charge is 0.324 e. The fourth-order valence-corrected chi connectivity index (χ4v) is 0.382. The molecule has 0 aromatic heterocycles. The maximum Gasteiger partial charge on any atom is 0.0161 e. The van der Waals surface area contributed by atoms with Gasteiger partial charge in [0.15, 0.2) is 0 Å². The topological polar surface area (TPSA) is 15.3 Å². The number of nitrogens with zero attached hydrogens (tertiary/aromatic N) is 1. The lowest BCUT2D eigenvalue weighted by Gasteiger charge is -2.11. The van der Waals surface area contributed by atoms with Gasteiger partial charge in [-0.3, -0.25) is 0 Å². The van der Waals surface area contributed by atoms with E-state index in [1.54, 1.807) is 0 Å². The van der Waals surface area contributed by atoms with Gasteiger partial charge in [-0.25, -0.2) is 5.01 Å². The predicted molar refractivity (Wildman–Crippen MR) is 31.6 cm³/mol. The molecular weight excluding hydrogens is 88.1 g/mol. The summed E-state index contributed by atoms with van der Waals surface area (Å²) in [6.07, 6.45) is 0. The number of hydrogen-bond donors (Lipinski definition) is 1. The van der Waals surface area contributed by atoms with Crippen LogP contribution >= 0.6 is 0 Å². The second-order valence-electron chi connectivity index (χ2n) is 1.79. The van der Waals surface area contributed by atoms with E-state index in [4.69, 9.17) is 0 Å². The van der Waals surface area contributed by atoms with Crippen LogP contribution in [0.25, 0.3) is 0 Å². The van der Waals surface area contributed by atoms with Crippen molar-refractivity contribution in [3.63, 3.8) is 0 Å². The third kappa shape index (κ3) is 5.50. The lowest BCUT2D eigenvalue weighted by Crippen LogP contribution is -2.27. The maximum atomic E-state index is 3.64. The Bertz CT molecular complexity index is 66.5. The normalized spacial score (nSPS) is 9.14. The lowest BCUT2D eigenvalue weighted by atomic mass is 10.6. The first-order valence-electron chi connectivity index (χ1n) is 2.22. The van der Waals surface area contributed by atoms with E-state index in [1.165, 1.54) is 0 Å². The van der Waals surface area contributed by atoms with Crippen molar-refractivity contribution >= 4 is 0 Å². The zero-order valence-electron chi connectivity index (χ0n) is 5.15.